The normalized spacial score (nSPS) is 10.9. The van der Waals surface area contributed by atoms with Gasteiger partial charge in [0.2, 0.25) is 0 Å². The fourth-order valence-corrected chi connectivity index (χ4v) is 2.89. The molecule has 0 bridgehead atoms. The van der Waals surface area contributed by atoms with Crippen LogP contribution in [0.1, 0.15) is 11.3 Å². The number of nitrogens with zero attached hydrogens (tertiary/aromatic N) is 2. The standard InChI is InChI=1S/C14H13N3S/c1-2-6-14-13(5-1)11(10-18-14)8-15-9-12-4-3-7-16-17-12/h1-7,10,15H,8-9H2. The summed E-state index contributed by atoms with van der Waals surface area (Å²) in [6.45, 7) is 1.61. The van der Waals surface area contributed by atoms with Crippen LogP contribution in [0.25, 0.3) is 10.1 Å². The van der Waals surface area contributed by atoms with E-state index in [1.165, 1.54) is 15.6 Å². The van der Waals surface area contributed by atoms with Crippen molar-refractivity contribution in [2.75, 3.05) is 0 Å². The highest BCUT2D eigenvalue weighted by molar-refractivity contribution is 7.17. The van der Waals surface area contributed by atoms with Crippen LogP contribution in [0.2, 0.25) is 0 Å². The van der Waals surface area contributed by atoms with E-state index in [1.54, 1.807) is 17.5 Å². The van der Waals surface area contributed by atoms with Gasteiger partial charge in [-0.05, 0) is 34.5 Å². The molecular weight excluding hydrogens is 242 g/mol. The van der Waals surface area contributed by atoms with E-state index in [0.717, 1.165) is 18.8 Å². The van der Waals surface area contributed by atoms with Gasteiger partial charge in [-0.1, -0.05) is 18.2 Å². The molecule has 3 rings (SSSR count). The molecular formula is C14H13N3S. The van der Waals surface area contributed by atoms with Crippen molar-refractivity contribution in [2.24, 2.45) is 0 Å². The Labute approximate surface area is 109 Å². The van der Waals surface area contributed by atoms with Gasteiger partial charge in [0.1, 0.15) is 0 Å². The molecule has 0 atom stereocenters. The molecule has 3 aromatic rings. The van der Waals surface area contributed by atoms with E-state index in [4.69, 9.17) is 0 Å². The number of rotatable bonds is 4. The van der Waals surface area contributed by atoms with Gasteiger partial charge in [0.15, 0.2) is 0 Å². The molecule has 0 aliphatic rings. The molecule has 2 aromatic heterocycles. The van der Waals surface area contributed by atoms with Crippen LogP contribution in [0.4, 0.5) is 0 Å². The first kappa shape index (κ1) is 11.3. The Morgan fingerprint density at radius 2 is 2.00 bits per heavy atom. The Hall–Kier alpha value is -1.78. The highest BCUT2D eigenvalue weighted by atomic mass is 32.1. The molecule has 90 valence electrons. The summed E-state index contributed by atoms with van der Waals surface area (Å²) in [5, 5.41) is 14.9. The summed E-state index contributed by atoms with van der Waals surface area (Å²) in [7, 11) is 0. The van der Waals surface area contributed by atoms with Gasteiger partial charge < -0.3 is 5.32 Å². The largest absolute Gasteiger partial charge is 0.307 e. The number of benzene rings is 1. The predicted molar refractivity (Wildman–Crippen MR) is 74.4 cm³/mol. The lowest BCUT2D eigenvalue weighted by atomic mass is 10.2. The molecule has 0 amide bonds. The topological polar surface area (TPSA) is 37.8 Å². The Morgan fingerprint density at radius 1 is 1.06 bits per heavy atom. The zero-order chi connectivity index (χ0) is 12.2. The highest BCUT2D eigenvalue weighted by Gasteiger charge is 2.02. The van der Waals surface area contributed by atoms with Crippen LogP contribution in [0.5, 0.6) is 0 Å². The van der Waals surface area contributed by atoms with Crippen molar-refractivity contribution in [3.8, 4) is 0 Å². The van der Waals surface area contributed by atoms with Gasteiger partial charge in [-0.15, -0.1) is 11.3 Å². The summed E-state index contributed by atoms with van der Waals surface area (Å²) >= 11 is 1.79. The van der Waals surface area contributed by atoms with Gasteiger partial charge in [-0.2, -0.15) is 10.2 Å². The maximum Gasteiger partial charge on any atom is 0.0769 e. The lowest BCUT2D eigenvalue weighted by Gasteiger charge is -2.02. The molecule has 0 aliphatic carbocycles. The SMILES string of the molecule is c1cnnc(CNCc2csc3ccccc23)c1. The first-order valence-corrected chi connectivity index (χ1v) is 6.74. The number of hydrogen-bond acceptors (Lipinski definition) is 4. The van der Waals surface area contributed by atoms with Crippen molar-refractivity contribution in [1.82, 2.24) is 15.5 Å². The Kier molecular flexibility index (Phi) is 3.30. The molecule has 0 spiro atoms. The maximum absolute atomic E-state index is 4.05. The van der Waals surface area contributed by atoms with Crippen molar-refractivity contribution in [3.63, 3.8) is 0 Å². The molecule has 0 unspecified atom stereocenters. The third-order valence-corrected chi connectivity index (χ3v) is 3.82. The van der Waals surface area contributed by atoms with E-state index >= 15 is 0 Å². The zero-order valence-electron chi connectivity index (χ0n) is 9.84. The lowest BCUT2D eigenvalue weighted by molar-refractivity contribution is 0.674. The highest BCUT2D eigenvalue weighted by Crippen LogP contribution is 2.25. The average Bonchev–Trinajstić information content (AvgIpc) is 2.84. The molecule has 1 N–H and O–H groups in total. The maximum atomic E-state index is 4.05. The van der Waals surface area contributed by atoms with E-state index in [-0.39, 0.29) is 0 Å². The van der Waals surface area contributed by atoms with E-state index in [2.05, 4.69) is 45.2 Å². The molecule has 0 aliphatic heterocycles. The van der Waals surface area contributed by atoms with Crippen molar-refractivity contribution >= 4 is 21.4 Å². The summed E-state index contributed by atoms with van der Waals surface area (Å²) in [5.74, 6) is 0. The minimum atomic E-state index is 0.748. The molecule has 2 heterocycles. The van der Waals surface area contributed by atoms with Crippen molar-refractivity contribution < 1.29 is 0 Å². The second-order valence-electron chi connectivity index (χ2n) is 4.08. The smallest absolute Gasteiger partial charge is 0.0769 e. The molecule has 0 fully saturated rings. The first-order chi connectivity index (χ1) is 8.93. The fraction of sp³-hybridized carbons (Fsp3) is 0.143. The predicted octanol–water partition coefficient (Wildman–Crippen LogP) is 2.98. The number of aromatic nitrogens is 2. The van der Waals surface area contributed by atoms with Gasteiger partial charge in [0.25, 0.3) is 0 Å². The fourth-order valence-electron chi connectivity index (χ4n) is 1.92. The number of fused-ring (bicyclic) bond motifs is 1. The van der Waals surface area contributed by atoms with Crippen LogP contribution >= 0.6 is 11.3 Å². The summed E-state index contributed by atoms with van der Waals surface area (Å²) in [6.07, 6.45) is 1.69. The van der Waals surface area contributed by atoms with Crippen molar-refractivity contribution in [1.29, 1.82) is 0 Å². The van der Waals surface area contributed by atoms with Crippen LogP contribution in [-0.2, 0) is 13.1 Å². The van der Waals surface area contributed by atoms with Crippen LogP contribution in [0, 0.1) is 0 Å². The van der Waals surface area contributed by atoms with Crippen LogP contribution in [-0.4, -0.2) is 10.2 Å². The van der Waals surface area contributed by atoms with Gasteiger partial charge >= 0.3 is 0 Å². The van der Waals surface area contributed by atoms with E-state index in [9.17, 15) is 0 Å². The number of thiophene rings is 1. The Morgan fingerprint density at radius 3 is 2.89 bits per heavy atom. The second-order valence-corrected chi connectivity index (χ2v) is 4.99. The van der Waals surface area contributed by atoms with Crippen LogP contribution in [0.3, 0.4) is 0 Å². The van der Waals surface area contributed by atoms with Crippen molar-refractivity contribution in [3.05, 3.63) is 59.2 Å². The Balaban J connectivity index is 1.67. The van der Waals surface area contributed by atoms with Gasteiger partial charge in [-0.3, -0.25) is 0 Å². The van der Waals surface area contributed by atoms with Crippen LogP contribution < -0.4 is 5.32 Å². The van der Waals surface area contributed by atoms with Crippen LogP contribution in [0.15, 0.2) is 48.0 Å². The summed E-state index contributed by atoms with van der Waals surface area (Å²) < 4.78 is 1.34. The lowest BCUT2D eigenvalue weighted by Crippen LogP contribution is -2.13. The minimum Gasteiger partial charge on any atom is -0.307 e. The molecule has 4 heteroatoms. The van der Waals surface area contributed by atoms with E-state index < -0.39 is 0 Å². The number of hydrogen-bond donors (Lipinski definition) is 1. The Bertz CT molecular complexity index is 634. The van der Waals surface area contributed by atoms with Gasteiger partial charge in [0.05, 0.1) is 5.69 Å². The molecule has 0 saturated heterocycles. The summed E-state index contributed by atoms with van der Waals surface area (Å²) in [4.78, 5) is 0. The second kappa shape index (κ2) is 5.25. The quantitative estimate of drug-likeness (QED) is 0.779. The molecule has 0 saturated carbocycles. The first-order valence-electron chi connectivity index (χ1n) is 5.86. The molecule has 18 heavy (non-hydrogen) atoms. The summed E-state index contributed by atoms with van der Waals surface area (Å²) in [6, 6.07) is 12.4. The monoisotopic (exact) mass is 255 g/mol. The third kappa shape index (κ3) is 2.39. The molecule has 0 radical (unpaired) electrons. The molecule has 3 nitrogen and oxygen atoms in total. The minimum absolute atomic E-state index is 0.748. The average molecular weight is 255 g/mol. The van der Waals surface area contributed by atoms with E-state index in [1.807, 2.05) is 12.1 Å². The third-order valence-electron chi connectivity index (χ3n) is 2.81. The molecule has 1 aromatic carbocycles. The van der Waals surface area contributed by atoms with Gasteiger partial charge in [0, 0.05) is 24.0 Å². The van der Waals surface area contributed by atoms with Gasteiger partial charge in [-0.25, -0.2) is 0 Å². The summed E-state index contributed by atoms with van der Waals surface area (Å²) in [5.41, 5.74) is 2.32. The van der Waals surface area contributed by atoms with Crippen molar-refractivity contribution in [2.45, 2.75) is 13.1 Å². The zero-order valence-corrected chi connectivity index (χ0v) is 10.7. The van der Waals surface area contributed by atoms with E-state index in [0.29, 0.717) is 0 Å². The number of nitrogens with one attached hydrogen (secondary N) is 1.